The smallest absolute Gasteiger partial charge is 0.142 e. The predicted molar refractivity (Wildman–Crippen MR) is 78.9 cm³/mol. The number of benzene rings is 2. The summed E-state index contributed by atoms with van der Waals surface area (Å²) in [6, 6.07) is 12.4. The number of phenols is 1. The molecule has 0 unspecified atom stereocenters. The molecule has 5 heteroatoms. The van der Waals surface area contributed by atoms with Gasteiger partial charge in [-0.2, -0.15) is 0 Å². The number of phenolic OH excluding ortho intramolecular Hbond substituents is 1. The lowest BCUT2D eigenvalue weighted by Crippen LogP contribution is -2.07. The first-order chi connectivity index (χ1) is 9.72. The van der Waals surface area contributed by atoms with Gasteiger partial charge in [-0.3, -0.25) is 0 Å². The van der Waals surface area contributed by atoms with Gasteiger partial charge >= 0.3 is 0 Å². The van der Waals surface area contributed by atoms with E-state index in [9.17, 15) is 5.11 Å². The van der Waals surface area contributed by atoms with E-state index >= 15 is 0 Å². The number of rotatable bonds is 6. The molecular weight excluding hydrogens is 256 g/mol. The van der Waals surface area contributed by atoms with Crippen molar-refractivity contribution in [2.75, 3.05) is 24.3 Å². The number of nitrogens with two attached hydrogens (primary N) is 1. The van der Waals surface area contributed by atoms with Crippen molar-refractivity contribution in [1.82, 2.24) is 0 Å². The molecule has 0 bridgehead atoms. The fraction of sp³-hybridized carbons (Fsp3) is 0.200. The maximum Gasteiger partial charge on any atom is 0.142 e. The molecule has 0 saturated carbocycles. The van der Waals surface area contributed by atoms with Crippen LogP contribution in [0.25, 0.3) is 0 Å². The number of para-hydroxylation sites is 2. The molecule has 0 fully saturated rings. The summed E-state index contributed by atoms with van der Waals surface area (Å²) < 4.78 is 5.43. The molecule has 5 N–H and O–H groups in total. The molecule has 0 heterocycles. The van der Waals surface area contributed by atoms with Gasteiger partial charge in [0.25, 0.3) is 0 Å². The Morgan fingerprint density at radius 1 is 1.10 bits per heavy atom. The molecule has 0 aliphatic carbocycles. The van der Waals surface area contributed by atoms with Gasteiger partial charge < -0.3 is 26.0 Å². The Labute approximate surface area is 117 Å². The molecule has 0 aromatic heterocycles. The average Bonchev–Trinajstić information content (AvgIpc) is 2.45. The Balaban J connectivity index is 2.11. The van der Waals surface area contributed by atoms with Gasteiger partial charge in [0.2, 0.25) is 0 Å². The van der Waals surface area contributed by atoms with Gasteiger partial charge in [0.05, 0.1) is 12.3 Å². The zero-order valence-electron chi connectivity index (χ0n) is 11.0. The van der Waals surface area contributed by atoms with Gasteiger partial charge in [0, 0.05) is 17.8 Å². The Morgan fingerprint density at radius 3 is 2.65 bits per heavy atom. The summed E-state index contributed by atoms with van der Waals surface area (Å²) in [7, 11) is 0. The van der Waals surface area contributed by atoms with E-state index in [2.05, 4.69) is 5.32 Å². The summed E-state index contributed by atoms with van der Waals surface area (Å²) in [4.78, 5) is 0. The molecule has 0 aliphatic rings. The summed E-state index contributed by atoms with van der Waals surface area (Å²) in [5.41, 5.74) is 7.80. The number of ether oxygens (including phenoxy) is 1. The minimum atomic E-state index is -0.0409. The lowest BCUT2D eigenvalue weighted by atomic mass is 10.1. The van der Waals surface area contributed by atoms with E-state index < -0.39 is 0 Å². The van der Waals surface area contributed by atoms with Gasteiger partial charge in [0.15, 0.2) is 0 Å². The summed E-state index contributed by atoms with van der Waals surface area (Å²) in [5.74, 6) is 0.807. The van der Waals surface area contributed by atoms with E-state index in [1.165, 1.54) is 0 Å². The van der Waals surface area contributed by atoms with Crippen LogP contribution >= 0.6 is 0 Å². The van der Waals surface area contributed by atoms with Crippen LogP contribution < -0.4 is 15.8 Å². The van der Waals surface area contributed by atoms with Gasteiger partial charge in [0.1, 0.15) is 18.1 Å². The van der Waals surface area contributed by atoms with E-state index in [0.717, 1.165) is 5.69 Å². The van der Waals surface area contributed by atoms with Crippen LogP contribution in [0, 0.1) is 0 Å². The van der Waals surface area contributed by atoms with Gasteiger partial charge in [-0.15, -0.1) is 0 Å². The third kappa shape index (κ3) is 3.33. The number of aromatic hydroxyl groups is 1. The standard InChI is InChI=1S/C15H18N2O3/c16-12-4-3-6-14(19)11(12)10-17-13-5-1-2-7-15(13)20-9-8-18/h1-7,17-19H,8-10,16H2. The first-order valence-electron chi connectivity index (χ1n) is 6.35. The van der Waals surface area contributed by atoms with Gasteiger partial charge in [-0.1, -0.05) is 18.2 Å². The number of hydrogen-bond donors (Lipinski definition) is 4. The fourth-order valence-corrected chi connectivity index (χ4v) is 1.86. The average molecular weight is 274 g/mol. The van der Waals surface area contributed by atoms with Crippen molar-refractivity contribution in [2.45, 2.75) is 6.54 Å². The first kappa shape index (κ1) is 14.0. The van der Waals surface area contributed by atoms with Crippen molar-refractivity contribution in [3.8, 4) is 11.5 Å². The lowest BCUT2D eigenvalue weighted by Gasteiger charge is -2.14. The van der Waals surface area contributed by atoms with Gasteiger partial charge in [-0.25, -0.2) is 0 Å². The number of aliphatic hydroxyl groups excluding tert-OH is 1. The third-order valence-corrected chi connectivity index (χ3v) is 2.88. The van der Waals surface area contributed by atoms with E-state index in [-0.39, 0.29) is 19.0 Å². The highest BCUT2D eigenvalue weighted by molar-refractivity contribution is 5.59. The van der Waals surface area contributed by atoms with Crippen LogP contribution in [0.15, 0.2) is 42.5 Å². The van der Waals surface area contributed by atoms with E-state index in [0.29, 0.717) is 23.5 Å². The molecule has 106 valence electrons. The Bertz CT molecular complexity index is 553. The monoisotopic (exact) mass is 274 g/mol. The van der Waals surface area contributed by atoms with E-state index in [1.807, 2.05) is 24.3 Å². The van der Waals surface area contributed by atoms with Crippen molar-refractivity contribution in [2.24, 2.45) is 0 Å². The maximum absolute atomic E-state index is 9.80. The summed E-state index contributed by atoms with van der Waals surface area (Å²) in [5, 5.41) is 21.8. The number of hydrogen-bond acceptors (Lipinski definition) is 5. The molecule has 0 amide bonds. The molecule has 0 radical (unpaired) electrons. The molecule has 20 heavy (non-hydrogen) atoms. The first-order valence-corrected chi connectivity index (χ1v) is 6.35. The Kier molecular flexibility index (Phi) is 4.68. The van der Waals surface area contributed by atoms with Crippen molar-refractivity contribution in [1.29, 1.82) is 0 Å². The number of nitrogen functional groups attached to an aromatic ring is 1. The molecule has 0 aliphatic heterocycles. The summed E-state index contributed by atoms with van der Waals surface area (Å²) >= 11 is 0. The lowest BCUT2D eigenvalue weighted by molar-refractivity contribution is 0.202. The fourth-order valence-electron chi connectivity index (χ4n) is 1.86. The highest BCUT2D eigenvalue weighted by Crippen LogP contribution is 2.27. The molecule has 2 aromatic rings. The van der Waals surface area contributed by atoms with Crippen LogP contribution in [0.1, 0.15) is 5.56 Å². The minimum Gasteiger partial charge on any atom is -0.508 e. The maximum atomic E-state index is 9.80. The normalized spacial score (nSPS) is 10.2. The van der Waals surface area contributed by atoms with Gasteiger partial charge in [-0.05, 0) is 24.3 Å². The molecule has 2 rings (SSSR count). The van der Waals surface area contributed by atoms with Crippen molar-refractivity contribution < 1.29 is 14.9 Å². The SMILES string of the molecule is Nc1cccc(O)c1CNc1ccccc1OCCO. The van der Waals surface area contributed by atoms with E-state index in [1.54, 1.807) is 18.2 Å². The molecular formula is C15H18N2O3. The van der Waals surface area contributed by atoms with E-state index in [4.69, 9.17) is 15.6 Å². The molecule has 2 aromatic carbocycles. The largest absolute Gasteiger partial charge is 0.508 e. The molecule has 0 atom stereocenters. The Morgan fingerprint density at radius 2 is 1.90 bits per heavy atom. The summed E-state index contributed by atoms with van der Waals surface area (Å²) in [6.07, 6.45) is 0. The van der Waals surface area contributed by atoms with Crippen LogP contribution in [-0.4, -0.2) is 23.4 Å². The van der Waals surface area contributed by atoms with Crippen LogP contribution in [-0.2, 0) is 6.54 Å². The van der Waals surface area contributed by atoms with Crippen LogP contribution in [0.3, 0.4) is 0 Å². The molecule has 0 spiro atoms. The van der Waals surface area contributed by atoms with Crippen molar-refractivity contribution in [3.63, 3.8) is 0 Å². The molecule has 5 nitrogen and oxygen atoms in total. The quantitative estimate of drug-likeness (QED) is 0.605. The van der Waals surface area contributed by atoms with Crippen LogP contribution in [0.5, 0.6) is 11.5 Å². The minimum absolute atomic E-state index is 0.0409. The van der Waals surface area contributed by atoms with Crippen LogP contribution in [0.2, 0.25) is 0 Å². The highest BCUT2D eigenvalue weighted by atomic mass is 16.5. The predicted octanol–water partition coefficient (Wildman–Crippen LogP) is 1.96. The topological polar surface area (TPSA) is 87.7 Å². The number of anilines is 2. The third-order valence-electron chi connectivity index (χ3n) is 2.88. The zero-order valence-corrected chi connectivity index (χ0v) is 11.0. The second-order valence-electron chi connectivity index (χ2n) is 4.27. The van der Waals surface area contributed by atoms with Crippen molar-refractivity contribution >= 4 is 11.4 Å². The highest BCUT2D eigenvalue weighted by Gasteiger charge is 2.07. The molecule has 0 saturated heterocycles. The second kappa shape index (κ2) is 6.68. The number of nitrogens with one attached hydrogen (secondary N) is 1. The summed E-state index contributed by atoms with van der Waals surface area (Å²) in [6.45, 7) is 0.580. The zero-order chi connectivity index (χ0) is 14.4. The Hall–Kier alpha value is -2.40. The van der Waals surface area contributed by atoms with Crippen LogP contribution in [0.4, 0.5) is 11.4 Å². The second-order valence-corrected chi connectivity index (χ2v) is 4.27. The number of aliphatic hydroxyl groups is 1. The van der Waals surface area contributed by atoms with Crippen molar-refractivity contribution in [3.05, 3.63) is 48.0 Å².